The molecule has 0 amide bonds. The Hall–Kier alpha value is -1.13. The third-order valence-electron chi connectivity index (χ3n) is 3.88. The summed E-state index contributed by atoms with van der Waals surface area (Å²) in [6, 6.07) is 5.34. The third-order valence-corrected chi connectivity index (χ3v) is 3.88. The van der Waals surface area contributed by atoms with E-state index in [1.807, 2.05) is 13.1 Å². The topological polar surface area (TPSA) is 30.5 Å². The van der Waals surface area contributed by atoms with Crippen LogP contribution in [0.5, 0.6) is 5.75 Å². The van der Waals surface area contributed by atoms with Gasteiger partial charge in [0.25, 0.3) is 0 Å². The van der Waals surface area contributed by atoms with Crippen LogP contribution in [0.15, 0.2) is 18.2 Å². The summed E-state index contributed by atoms with van der Waals surface area (Å²) in [6.07, 6.45) is 2.06. The van der Waals surface area contributed by atoms with Crippen LogP contribution in [0, 0.1) is 11.7 Å². The second kappa shape index (κ2) is 6.35. The van der Waals surface area contributed by atoms with E-state index in [2.05, 4.69) is 12.2 Å². The summed E-state index contributed by atoms with van der Waals surface area (Å²) in [7, 11) is 3.40. The first-order chi connectivity index (χ1) is 9.15. The molecule has 0 spiro atoms. The average Bonchev–Trinajstić information content (AvgIpc) is 2.82. The number of likely N-dealkylation sites (N-methyl/N-ethyl adjacent to an activating group) is 1. The molecule has 1 heterocycles. The Balaban J connectivity index is 2.07. The van der Waals surface area contributed by atoms with Crippen LogP contribution in [0.2, 0.25) is 0 Å². The largest absolute Gasteiger partial charge is 0.494 e. The highest BCUT2D eigenvalue weighted by atomic mass is 19.1. The van der Waals surface area contributed by atoms with E-state index in [0.29, 0.717) is 5.92 Å². The molecule has 0 aliphatic carbocycles. The van der Waals surface area contributed by atoms with Gasteiger partial charge in [-0.15, -0.1) is 0 Å². The first-order valence-electron chi connectivity index (χ1n) is 6.77. The molecule has 0 saturated carbocycles. The van der Waals surface area contributed by atoms with Crippen LogP contribution in [-0.2, 0) is 11.2 Å². The van der Waals surface area contributed by atoms with Crippen LogP contribution in [0.25, 0.3) is 0 Å². The van der Waals surface area contributed by atoms with Gasteiger partial charge in [0.1, 0.15) is 0 Å². The second-order valence-corrected chi connectivity index (χ2v) is 5.17. The van der Waals surface area contributed by atoms with Crippen LogP contribution in [0.4, 0.5) is 4.39 Å². The fourth-order valence-corrected chi connectivity index (χ4v) is 2.70. The van der Waals surface area contributed by atoms with Crippen molar-refractivity contribution in [3.63, 3.8) is 0 Å². The zero-order valence-corrected chi connectivity index (χ0v) is 11.8. The quantitative estimate of drug-likeness (QED) is 0.888. The lowest BCUT2D eigenvalue weighted by Gasteiger charge is -2.26. The number of methoxy groups -OCH3 is 1. The lowest BCUT2D eigenvalue weighted by atomic mass is 9.93. The standard InChI is InChI=1S/C15H22FNO2/c1-10-6-7-19-15(10)13(17-2)9-11-4-5-14(18-3)12(16)8-11/h4-5,8,10,13,15,17H,6-7,9H2,1-3H3. The van der Waals surface area contributed by atoms with Crippen molar-refractivity contribution in [1.29, 1.82) is 0 Å². The van der Waals surface area contributed by atoms with Crippen LogP contribution in [0.1, 0.15) is 18.9 Å². The summed E-state index contributed by atoms with van der Waals surface area (Å²) in [5.74, 6) is 0.519. The van der Waals surface area contributed by atoms with Gasteiger partial charge in [-0.2, -0.15) is 0 Å². The number of hydrogen-bond acceptors (Lipinski definition) is 3. The maximum absolute atomic E-state index is 13.7. The van der Waals surface area contributed by atoms with Gasteiger partial charge in [-0.05, 0) is 43.5 Å². The highest BCUT2D eigenvalue weighted by Crippen LogP contribution is 2.25. The van der Waals surface area contributed by atoms with E-state index in [0.717, 1.165) is 25.0 Å². The molecule has 2 rings (SSSR count). The van der Waals surface area contributed by atoms with Gasteiger partial charge in [0.2, 0.25) is 0 Å². The molecular formula is C15H22FNO2. The molecule has 4 heteroatoms. The fourth-order valence-electron chi connectivity index (χ4n) is 2.70. The van der Waals surface area contributed by atoms with Gasteiger partial charge < -0.3 is 14.8 Å². The van der Waals surface area contributed by atoms with Crippen LogP contribution >= 0.6 is 0 Å². The number of ether oxygens (including phenoxy) is 2. The molecule has 0 bridgehead atoms. The SMILES string of the molecule is CNC(Cc1ccc(OC)c(F)c1)C1OCCC1C. The molecule has 3 atom stereocenters. The molecule has 1 N–H and O–H groups in total. The predicted molar refractivity (Wildman–Crippen MR) is 73.0 cm³/mol. The fraction of sp³-hybridized carbons (Fsp3) is 0.600. The van der Waals surface area contributed by atoms with Gasteiger partial charge in [0, 0.05) is 12.6 Å². The van der Waals surface area contributed by atoms with Gasteiger partial charge in [-0.3, -0.25) is 0 Å². The summed E-state index contributed by atoms with van der Waals surface area (Å²) in [5.41, 5.74) is 0.959. The minimum atomic E-state index is -0.310. The highest BCUT2D eigenvalue weighted by Gasteiger charge is 2.31. The number of halogens is 1. The molecule has 1 saturated heterocycles. The minimum Gasteiger partial charge on any atom is -0.494 e. The molecule has 1 aliphatic heterocycles. The molecule has 19 heavy (non-hydrogen) atoms. The molecule has 3 nitrogen and oxygen atoms in total. The van der Waals surface area contributed by atoms with Crippen molar-refractivity contribution in [2.24, 2.45) is 5.92 Å². The number of rotatable bonds is 5. The molecule has 3 unspecified atom stereocenters. The zero-order chi connectivity index (χ0) is 13.8. The minimum absolute atomic E-state index is 0.204. The summed E-state index contributed by atoms with van der Waals surface area (Å²) in [5, 5.41) is 3.29. The summed E-state index contributed by atoms with van der Waals surface area (Å²) < 4.78 is 24.4. The van der Waals surface area contributed by atoms with Gasteiger partial charge in [0.05, 0.1) is 13.2 Å². The van der Waals surface area contributed by atoms with Crippen molar-refractivity contribution >= 4 is 0 Å². The van der Waals surface area contributed by atoms with Gasteiger partial charge >= 0.3 is 0 Å². The first-order valence-corrected chi connectivity index (χ1v) is 6.77. The van der Waals surface area contributed by atoms with Gasteiger partial charge in [-0.25, -0.2) is 4.39 Å². The first kappa shape index (κ1) is 14.3. The molecule has 1 aromatic carbocycles. The van der Waals surface area contributed by atoms with E-state index in [4.69, 9.17) is 9.47 Å². The summed E-state index contributed by atoms with van der Waals surface area (Å²) >= 11 is 0. The van der Waals surface area contributed by atoms with Gasteiger partial charge in [0.15, 0.2) is 11.6 Å². The van der Waals surface area contributed by atoms with E-state index in [-0.39, 0.29) is 23.7 Å². The molecule has 1 fully saturated rings. The van der Waals surface area contributed by atoms with Gasteiger partial charge in [-0.1, -0.05) is 13.0 Å². The van der Waals surface area contributed by atoms with Crippen LogP contribution in [0.3, 0.4) is 0 Å². The van der Waals surface area contributed by atoms with E-state index < -0.39 is 0 Å². The molecule has 106 valence electrons. The third kappa shape index (κ3) is 3.25. The molecule has 0 aromatic heterocycles. The van der Waals surface area contributed by atoms with Crippen molar-refractivity contribution in [2.75, 3.05) is 20.8 Å². The molecule has 1 aliphatic rings. The van der Waals surface area contributed by atoms with E-state index in [1.54, 1.807) is 12.1 Å². The number of hydrogen-bond donors (Lipinski definition) is 1. The van der Waals surface area contributed by atoms with Crippen molar-refractivity contribution in [1.82, 2.24) is 5.32 Å². The van der Waals surface area contributed by atoms with E-state index in [1.165, 1.54) is 7.11 Å². The number of benzene rings is 1. The predicted octanol–water partition coefficient (Wildman–Crippen LogP) is 2.39. The maximum atomic E-state index is 13.7. The van der Waals surface area contributed by atoms with Crippen molar-refractivity contribution in [3.8, 4) is 5.75 Å². The average molecular weight is 267 g/mol. The van der Waals surface area contributed by atoms with Crippen LogP contribution in [-0.4, -0.2) is 32.9 Å². The Morgan fingerprint density at radius 1 is 1.53 bits per heavy atom. The summed E-state index contributed by atoms with van der Waals surface area (Å²) in [6.45, 7) is 3.03. The Bertz CT molecular complexity index is 425. The normalized spacial score (nSPS) is 24.4. The van der Waals surface area contributed by atoms with Crippen molar-refractivity contribution < 1.29 is 13.9 Å². The summed E-state index contributed by atoms with van der Waals surface area (Å²) in [4.78, 5) is 0. The lowest BCUT2D eigenvalue weighted by Crippen LogP contribution is -2.41. The van der Waals surface area contributed by atoms with Crippen LogP contribution < -0.4 is 10.1 Å². The number of nitrogens with one attached hydrogen (secondary N) is 1. The molecular weight excluding hydrogens is 245 g/mol. The Kier molecular flexibility index (Phi) is 4.77. The van der Waals surface area contributed by atoms with Crippen molar-refractivity contribution in [3.05, 3.63) is 29.6 Å². The monoisotopic (exact) mass is 267 g/mol. The maximum Gasteiger partial charge on any atom is 0.165 e. The van der Waals surface area contributed by atoms with E-state index >= 15 is 0 Å². The second-order valence-electron chi connectivity index (χ2n) is 5.17. The molecule has 1 aromatic rings. The lowest BCUT2D eigenvalue weighted by molar-refractivity contribution is 0.0634. The van der Waals surface area contributed by atoms with E-state index in [9.17, 15) is 4.39 Å². The highest BCUT2D eigenvalue weighted by molar-refractivity contribution is 5.29. The Morgan fingerprint density at radius 3 is 2.84 bits per heavy atom. The Labute approximate surface area is 114 Å². The molecule has 0 radical (unpaired) electrons. The zero-order valence-electron chi connectivity index (χ0n) is 11.8. The van der Waals surface area contributed by atoms with Crippen molar-refractivity contribution in [2.45, 2.75) is 31.9 Å². The smallest absolute Gasteiger partial charge is 0.165 e. The Morgan fingerprint density at radius 2 is 2.32 bits per heavy atom.